The molecule has 9 nitrogen and oxygen atoms in total. The van der Waals surface area contributed by atoms with E-state index in [0.29, 0.717) is 16.8 Å². The summed E-state index contributed by atoms with van der Waals surface area (Å²) in [6.45, 7) is 6.91. The maximum Gasteiger partial charge on any atom is 0.340 e. The van der Waals surface area contributed by atoms with E-state index in [1.165, 1.54) is 0 Å². The van der Waals surface area contributed by atoms with Crippen molar-refractivity contribution in [3.63, 3.8) is 0 Å². The van der Waals surface area contributed by atoms with Gasteiger partial charge in [0.1, 0.15) is 5.69 Å². The zero-order valence-electron chi connectivity index (χ0n) is 17.4. The van der Waals surface area contributed by atoms with Gasteiger partial charge in [-0.05, 0) is 45.4 Å². The van der Waals surface area contributed by atoms with Gasteiger partial charge in [-0.3, -0.25) is 14.4 Å². The number of hydrogen-bond acceptors (Lipinski definition) is 5. The summed E-state index contributed by atoms with van der Waals surface area (Å²) in [6.07, 6.45) is -0.278. The Balaban J connectivity index is 2.22. The number of rotatable bonds is 8. The summed E-state index contributed by atoms with van der Waals surface area (Å²) in [6, 6.07) is 6.46. The second kappa shape index (κ2) is 9.73. The van der Waals surface area contributed by atoms with Crippen molar-refractivity contribution in [2.75, 3.05) is 11.9 Å². The number of amides is 3. The number of anilines is 1. The molecule has 1 aromatic heterocycles. The summed E-state index contributed by atoms with van der Waals surface area (Å²) < 4.78 is 5.24. The Hall–Kier alpha value is -3.62. The van der Waals surface area contributed by atoms with Crippen molar-refractivity contribution < 1.29 is 23.9 Å². The van der Waals surface area contributed by atoms with Gasteiger partial charge in [0, 0.05) is 18.7 Å². The Morgan fingerprint density at radius 3 is 2.40 bits per heavy atom. The number of primary amides is 1. The molecule has 0 unspecified atom stereocenters. The normalized spacial score (nSPS) is 10.6. The molecule has 5 N–H and O–H groups in total. The van der Waals surface area contributed by atoms with Crippen molar-refractivity contribution in [3.8, 4) is 0 Å². The van der Waals surface area contributed by atoms with Crippen LogP contribution in [0.25, 0.3) is 0 Å². The summed E-state index contributed by atoms with van der Waals surface area (Å²) in [4.78, 5) is 51.3. The van der Waals surface area contributed by atoms with Gasteiger partial charge in [0.15, 0.2) is 0 Å². The van der Waals surface area contributed by atoms with Gasteiger partial charge in [-0.2, -0.15) is 0 Å². The molecule has 0 saturated carbocycles. The molecule has 0 aliphatic rings. The molecule has 160 valence electrons. The Morgan fingerprint density at radius 1 is 1.10 bits per heavy atom. The number of aromatic nitrogens is 1. The lowest BCUT2D eigenvalue weighted by Gasteiger charge is -2.11. The maximum absolute atomic E-state index is 12.8. The van der Waals surface area contributed by atoms with Crippen molar-refractivity contribution >= 4 is 29.4 Å². The average Bonchev–Trinajstić information content (AvgIpc) is 2.95. The van der Waals surface area contributed by atoms with Crippen molar-refractivity contribution in [1.29, 1.82) is 0 Å². The zero-order chi connectivity index (χ0) is 22.4. The number of nitrogens with one attached hydrogen (secondary N) is 3. The standard InChI is InChI=1S/C21H26N4O5/c1-11(2)30-21(29)17-12(3)18(24-13(17)4)20(28)25-15-8-6-5-7-14(15)19(27)23-10-9-16(22)26/h5-8,11,24H,9-10H2,1-4H3,(H2,22,26)(H,23,27)(H,25,28). The number of para-hydroxylation sites is 1. The third kappa shape index (κ3) is 5.47. The number of aryl methyl sites for hydroxylation is 1. The van der Waals surface area contributed by atoms with Crippen LogP contribution in [0.4, 0.5) is 5.69 Å². The summed E-state index contributed by atoms with van der Waals surface area (Å²) in [7, 11) is 0. The lowest BCUT2D eigenvalue weighted by molar-refractivity contribution is -0.117. The van der Waals surface area contributed by atoms with E-state index in [9.17, 15) is 19.2 Å². The highest BCUT2D eigenvalue weighted by atomic mass is 16.5. The quantitative estimate of drug-likeness (QED) is 0.489. The van der Waals surface area contributed by atoms with Gasteiger partial charge < -0.3 is 26.1 Å². The first-order valence-electron chi connectivity index (χ1n) is 9.48. The molecular formula is C21H26N4O5. The van der Waals surface area contributed by atoms with E-state index in [1.807, 2.05) is 0 Å². The van der Waals surface area contributed by atoms with Gasteiger partial charge in [-0.1, -0.05) is 12.1 Å². The van der Waals surface area contributed by atoms with Gasteiger partial charge in [-0.15, -0.1) is 0 Å². The first-order valence-corrected chi connectivity index (χ1v) is 9.48. The molecule has 2 aromatic rings. The molecule has 0 fully saturated rings. The molecule has 0 spiro atoms. The Morgan fingerprint density at radius 2 is 1.77 bits per heavy atom. The van der Waals surface area contributed by atoms with Crippen molar-refractivity contribution in [2.24, 2.45) is 5.73 Å². The largest absolute Gasteiger partial charge is 0.459 e. The van der Waals surface area contributed by atoms with Crippen LogP contribution in [0.1, 0.15) is 62.7 Å². The van der Waals surface area contributed by atoms with E-state index in [1.54, 1.807) is 52.0 Å². The van der Waals surface area contributed by atoms with Crippen LogP contribution in [-0.4, -0.2) is 41.3 Å². The topological polar surface area (TPSA) is 143 Å². The molecule has 30 heavy (non-hydrogen) atoms. The first kappa shape index (κ1) is 22.7. The van der Waals surface area contributed by atoms with Crippen molar-refractivity contribution in [3.05, 3.63) is 52.3 Å². The van der Waals surface area contributed by atoms with E-state index >= 15 is 0 Å². The summed E-state index contributed by atoms with van der Waals surface area (Å²) in [5, 5.41) is 5.27. The van der Waals surface area contributed by atoms with E-state index in [4.69, 9.17) is 10.5 Å². The molecule has 0 aliphatic carbocycles. The molecule has 0 radical (unpaired) electrons. The number of benzene rings is 1. The fraction of sp³-hybridized carbons (Fsp3) is 0.333. The Labute approximate surface area is 174 Å². The Bertz CT molecular complexity index is 978. The van der Waals surface area contributed by atoms with E-state index < -0.39 is 23.7 Å². The van der Waals surface area contributed by atoms with Gasteiger partial charge >= 0.3 is 5.97 Å². The lowest BCUT2D eigenvalue weighted by Crippen LogP contribution is -2.29. The smallest absolute Gasteiger partial charge is 0.340 e. The molecule has 1 heterocycles. The predicted octanol–water partition coefficient (Wildman–Crippen LogP) is 2.05. The number of hydrogen-bond donors (Lipinski definition) is 4. The third-order valence-electron chi connectivity index (χ3n) is 4.29. The Kier molecular flexibility index (Phi) is 7.35. The second-order valence-electron chi connectivity index (χ2n) is 7.05. The van der Waals surface area contributed by atoms with Gasteiger partial charge in [-0.25, -0.2) is 4.79 Å². The minimum absolute atomic E-state index is 0.0104. The first-order chi connectivity index (χ1) is 14.1. The van der Waals surface area contributed by atoms with Crippen LogP contribution in [0.5, 0.6) is 0 Å². The highest BCUT2D eigenvalue weighted by Crippen LogP contribution is 2.22. The fourth-order valence-corrected chi connectivity index (χ4v) is 2.93. The van der Waals surface area contributed by atoms with E-state index in [0.717, 1.165) is 0 Å². The highest BCUT2D eigenvalue weighted by molar-refractivity contribution is 6.10. The second-order valence-corrected chi connectivity index (χ2v) is 7.05. The number of H-pyrrole nitrogens is 1. The number of ether oxygens (including phenoxy) is 1. The molecule has 9 heteroatoms. The number of aromatic amines is 1. The van der Waals surface area contributed by atoms with Crippen LogP contribution >= 0.6 is 0 Å². The number of esters is 1. The molecule has 2 rings (SSSR count). The highest BCUT2D eigenvalue weighted by Gasteiger charge is 2.24. The minimum atomic E-state index is -0.527. The molecule has 0 saturated heterocycles. The van der Waals surface area contributed by atoms with Crippen LogP contribution in [-0.2, 0) is 9.53 Å². The molecule has 3 amide bonds. The van der Waals surface area contributed by atoms with Crippen LogP contribution < -0.4 is 16.4 Å². The van der Waals surface area contributed by atoms with Crippen LogP contribution in [0, 0.1) is 13.8 Å². The van der Waals surface area contributed by atoms with Gasteiger partial charge in [0.25, 0.3) is 11.8 Å². The van der Waals surface area contributed by atoms with Crippen molar-refractivity contribution in [2.45, 2.75) is 40.2 Å². The van der Waals surface area contributed by atoms with Gasteiger partial charge in [0.05, 0.1) is 22.9 Å². The fourth-order valence-electron chi connectivity index (χ4n) is 2.93. The monoisotopic (exact) mass is 414 g/mol. The van der Waals surface area contributed by atoms with E-state index in [2.05, 4.69) is 15.6 Å². The molecule has 1 aromatic carbocycles. The van der Waals surface area contributed by atoms with Crippen molar-refractivity contribution in [1.82, 2.24) is 10.3 Å². The van der Waals surface area contributed by atoms with Crippen LogP contribution in [0.3, 0.4) is 0 Å². The number of carbonyl (C=O) groups excluding carboxylic acids is 4. The number of nitrogens with two attached hydrogens (primary N) is 1. The average molecular weight is 414 g/mol. The predicted molar refractivity (Wildman–Crippen MR) is 111 cm³/mol. The molecular weight excluding hydrogens is 388 g/mol. The van der Waals surface area contributed by atoms with Gasteiger partial charge in [0.2, 0.25) is 5.91 Å². The lowest BCUT2D eigenvalue weighted by atomic mass is 10.1. The van der Waals surface area contributed by atoms with Crippen LogP contribution in [0.15, 0.2) is 24.3 Å². The van der Waals surface area contributed by atoms with Crippen LogP contribution in [0.2, 0.25) is 0 Å². The summed E-state index contributed by atoms with van der Waals surface area (Å²) in [5.41, 5.74) is 7.08. The summed E-state index contributed by atoms with van der Waals surface area (Å²) >= 11 is 0. The number of carbonyl (C=O) groups is 4. The third-order valence-corrected chi connectivity index (χ3v) is 4.29. The molecule has 0 aliphatic heterocycles. The minimum Gasteiger partial charge on any atom is -0.459 e. The molecule has 0 atom stereocenters. The SMILES string of the molecule is Cc1[nH]c(C(=O)Nc2ccccc2C(=O)NCCC(N)=O)c(C)c1C(=O)OC(C)C. The maximum atomic E-state index is 12.8. The summed E-state index contributed by atoms with van der Waals surface area (Å²) in [5.74, 6) is -1.99. The van der Waals surface area contributed by atoms with E-state index in [-0.39, 0.29) is 36.0 Å². The zero-order valence-corrected chi connectivity index (χ0v) is 17.4. The molecule has 0 bridgehead atoms.